The molecule has 4 nitrogen and oxygen atoms in total. The van der Waals surface area contributed by atoms with Gasteiger partial charge in [0.25, 0.3) is 5.56 Å². The maximum Gasteiger partial charge on any atom is 0.251 e. The van der Waals surface area contributed by atoms with Gasteiger partial charge in [0.1, 0.15) is 0 Å². The molecule has 2 heterocycles. The number of aryl methyl sites for hydroxylation is 1. The lowest BCUT2D eigenvalue weighted by molar-refractivity contribution is 0.579. The van der Waals surface area contributed by atoms with Gasteiger partial charge in [-0.2, -0.15) is 4.39 Å². The van der Waals surface area contributed by atoms with E-state index in [0.717, 1.165) is 0 Å². The number of hydrogen-bond acceptors (Lipinski definition) is 4. The highest BCUT2D eigenvalue weighted by molar-refractivity contribution is 7.99. The summed E-state index contributed by atoms with van der Waals surface area (Å²) in [5.74, 6) is -0.556. The normalized spacial score (nSPS) is 10.4. The van der Waals surface area contributed by atoms with Crippen molar-refractivity contribution in [2.24, 2.45) is 0 Å². The second kappa shape index (κ2) is 4.44. The highest BCUT2D eigenvalue weighted by atomic mass is 32.2. The van der Waals surface area contributed by atoms with Crippen molar-refractivity contribution in [2.75, 3.05) is 0 Å². The van der Waals surface area contributed by atoms with Crippen LogP contribution in [0.1, 0.15) is 5.69 Å². The third-order valence-electron chi connectivity index (χ3n) is 1.76. The number of rotatable bonds is 2. The van der Waals surface area contributed by atoms with Crippen LogP contribution in [0.25, 0.3) is 0 Å². The first-order valence-corrected chi connectivity index (χ1v) is 5.32. The third-order valence-corrected chi connectivity index (χ3v) is 2.64. The molecule has 0 saturated heterocycles. The van der Waals surface area contributed by atoms with E-state index >= 15 is 0 Å². The van der Waals surface area contributed by atoms with Gasteiger partial charge in [0, 0.05) is 28.9 Å². The quantitative estimate of drug-likeness (QED) is 0.638. The van der Waals surface area contributed by atoms with Gasteiger partial charge in [-0.25, -0.2) is 9.97 Å². The highest BCUT2D eigenvalue weighted by Gasteiger charge is 2.02. The standard InChI is InChI=1S/C10H8FN3OS/c1-6-4-9(15)14-10(13-6)16-7-2-3-12-8(11)5-7/h2-5H,1H3,(H,13,14,15). The molecule has 0 amide bonds. The molecule has 0 aromatic carbocycles. The smallest absolute Gasteiger partial charge is 0.251 e. The second-order valence-corrected chi connectivity index (χ2v) is 4.17. The van der Waals surface area contributed by atoms with Gasteiger partial charge in [-0.3, -0.25) is 4.79 Å². The van der Waals surface area contributed by atoms with Gasteiger partial charge in [-0.15, -0.1) is 0 Å². The summed E-state index contributed by atoms with van der Waals surface area (Å²) in [5.41, 5.74) is 0.408. The molecule has 2 rings (SSSR count). The lowest BCUT2D eigenvalue weighted by Crippen LogP contribution is -2.07. The molecule has 2 aromatic rings. The number of hydrogen-bond donors (Lipinski definition) is 1. The minimum atomic E-state index is -0.556. The molecule has 0 radical (unpaired) electrons. The van der Waals surface area contributed by atoms with E-state index < -0.39 is 5.95 Å². The maximum atomic E-state index is 12.8. The summed E-state index contributed by atoms with van der Waals surface area (Å²) in [5, 5.41) is 0.440. The zero-order valence-electron chi connectivity index (χ0n) is 8.40. The third kappa shape index (κ3) is 2.66. The number of H-pyrrole nitrogens is 1. The first-order valence-electron chi connectivity index (χ1n) is 4.51. The van der Waals surface area contributed by atoms with Crippen LogP contribution in [0, 0.1) is 12.9 Å². The molecular weight excluding hydrogens is 229 g/mol. The first kappa shape index (κ1) is 10.8. The zero-order valence-corrected chi connectivity index (χ0v) is 9.21. The van der Waals surface area contributed by atoms with E-state index in [1.54, 1.807) is 13.0 Å². The van der Waals surface area contributed by atoms with Crippen LogP contribution in [0.5, 0.6) is 0 Å². The van der Waals surface area contributed by atoms with Crippen LogP contribution < -0.4 is 5.56 Å². The fraction of sp³-hybridized carbons (Fsp3) is 0.100. The van der Waals surface area contributed by atoms with Crippen molar-refractivity contribution in [3.8, 4) is 0 Å². The molecule has 0 spiro atoms. The fourth-order valence-electron chi connectivity index (χ4n) is 1.16. The maximum absolute atomic E-state index is 12.8. The molecule has 82 valence electrons. The molecule has 1 N–H and O–H groups in total. The molecule has 0 bridgehead atoms. The van der Waals surface area contributed by atoms with Crippen LogP contribution in [-0.4, -0.2) is 15.0 Å². The predicted molar refractivity (Wildman–Crippen MR) is 57.9 cm³/mol. The van der Waals surface area contributed by atoms with Crippen molar-refractivity contribution in [3.63, 3.8) is 0 Å². The molecule has 0 aliphatic heterocycles. The zero-order chi connectivity index (χ0) is 11.5. The Bertz CT molecular complexity index is 570. The van der Waals surface area contributed by atoms with Gasteiger partial charge in [0.2, 0.25) is 5.95 Å². The molecule has 0 saturated carbocycles. The number of nitrogens with zero attached hydrogens (tertiary/aromatic N) is 2. The monoisotopic (exact) mass is 237 g/mol. The average Bonchev–Trinajstić information content (AvgIpc) is 2.15. The summed E-state index contributed by atoms with van der Waals surface area (Å²) < 4.78 is 12.8. The Morgan fingerprint density at radius 3 is 2.94 bits per heavy atom. The Hall–Kier alpha value is -1.69. The summed E-state index contributed by atoms with van der Waals surface area (Å²) >= 11 is 1.18. The summed E-state index contributed by atoms with van der Waals surface area (Å²) in [6, 6.07) is 4.33. The van der Waals surface area contributed by atoms with Crippen LogP contribution in [0.15, 0.2) is 39.2 Å². The van der Waals surface area contributed by atoms with Crippen molar-refractivity contribution >= 4 is 11.8 Å². The van der Waals surface area contributed by atoms with Crippen LogP contribution in [0.4, 0.5) is 4.39 Å². The van der Waals surface area contributed by atoms with Gasteiger partial charge in [0.15, 0.2) is 5.16 Å². The van der Waals surface area contributed by atoms with E-state index in [1.165, 1.54) is 30.1 Å². The van der Waals surface area contributed by atoms with Crippen molar-refractivity contribution in [1.29, 1.82) is 0 Å². The molecule has 16 heavy (non-hydrogen) atoms. The average molecular weight is 237 g/mol. The van der Waals surface area contributed by atoms with E-state index in [4.69, 9.17) is 0 Å². The lowest BCUT2D eigenvalue weighted by Gasteiger charge is -2.00. The minimum absolute atomic E-state index is 0.218. The van der Waals surface area contributed by atoms with Gasteiger partial charge >= 0.3 is 0 Å². The molecule has 0 unspecified atom stereocenters. The molecule has 0 fully saturated rings. The van der Waals surface area contributed by atoms with Gasteiger partial charge in [0.05, 0.1) is 0 Å². The Balaban J connectivity index is 2.30. The Labute approximate surface area is 95.0 Å². The van der Waals surface area contributed by atoms with Crippen LogP contribution >= 0.6 is 11.8 Å². The first-order chi connectivity index (χ1) is 7.63. The molecule has 2 aromatic heterocycles. The summed E-state index contributed by atoms with van der Waals surface area (Å²) in [6.45, 7) is 1.73. The van der Waals surface area contributed by atoms with Gasteiger partial charge in [-0.05, 0) is 13.0 Å². The second-order valence-electron chi connectivity index (χ2n) is 3.11. The van der Waals surface area contributed by atoms with Crippen molar-refractivity contribution < 1.29 is 4.39 Å². The molecule has 6 heteroatoms. The number of aromatic nitrogens is 3. The van der Waals surface area contributed by atoms with Crippen LogP contribution in [0.3, 0.4) is 0 Å². The summed E-state index contributed by atoms with van der Waals surface area (Å²) in [4.78, 5) is 22.0. The molecule has 0 atom stereocenters. The van der Waals surface area contributed by atoms with Crippen molar-refractivity contribution in [1.82, 2.24) is 15.0 Å². The topological polar surface area (TPSA) is 58.6 Å². The molecule has 0 aliphatic rings. The number of aromatic amines is 1. The van der Waals surface area contributed by atoms with E-state index in [0.29, 0.717) is 15.7 Å². The van der Waals surface area contributed by atoms with E-state index in [9.17, 15) is 9.18 Å². The van der Waals surface area contributed by atoms with Gasteiger partial charge < -0.3 is 4.98 Å². The fourth-order valence-corrected chi connectivity index (χ4v) is 2.01. The lowest BCUT2D eigenvalue weighted by atomic mass is 10.5. The largest absolute Gasteiger partial charge is 0.301 e. The Kier molecular flexibility index (Phi) is 3.00. The van der Waals surface area contributed by atoms with Crippen molar-refractivity contribution in [3.05, 3.63) is 46.4 Å². The number of halogens is 1. The Morgan fingerprint density at radius 1 is 1.44 bits per heavy atom. The SMILES string of the molecule is Cc1cc(=O)[nH]c(Sc2ccnc(F)c2)n1. The van der Waals surface area contributed by atoms with E-state index in [2.05, 4.69) is 15.0 Å². The number of pyridine rings is 1. The summed E-state index contributed by atoms with van der Waals surface area (Å²) in [7, 11) is 0. The minimum Gasteiger partial charge on any atom is -0.301 e. The van der Waals surface area contributed by atoms with Crippen molar-refractivity contribution in [2.45, 2.75) is 17.0 Å². The number of nitrogens with one attached hydrogen (secondary N) is 1. The molecule has 0 aliphatic carbocycles. The highest BCUT2D eigenvalue weighted by Crippen LogP contribution is 2.23. The predicted octanol–water partition coefficient (Wildman–Crippen LogP) is 1.76. The van der Waals surface area contributed by atoms with E-state index in [-0.39, 0.29) is 5.56 Å². The molecular formula is C10H8FN3OS. The van der Waals surface area contributed by atoms with Crippen LogP contribution in [-0.2, 0) is 0 Å². The summed E-state index contributed by atoms with van der Waals surface area (Å²) in [6.07, 6.45) is 1.37. The van der Waals surface area contributed by atoms with E-state index in [1.807, 2.05) is 0 Å². The van der Waals surface area contributed by atoms with Crippen LogP contribution in [0.2, 0.25) is 0 Å². The van der Waals surface area contributed by atoms with Gasteiger partial charge in [-0.1, -0.05) is 11.8 Å². The Morgan fingerprint density at radius 2 is 2.25 bits per heavy atom.